The van der Waals surface area contributed by atoms with Crippen LogP contribution in [-0.4, -0.2) is 15.0 Å². The van der Waals surface area contributed by atoms with Gasteiger partial charge in [0.25, 0.3) is 0 Å². The minimum absolute atomic E-state index is 0.177. The van der Waals surface area contributed by atoms with Crippen molar-refractivity contribution >= 4 is 47.1 Å². The Balaban J connectivity index is 2.30. The van der Waals surface area contributed by atoms with Crippen LogP contribution >= 0.6 is 23.2 Å². The Bertz CT molecular complexity index is 425. The summed E-state index contributed by atoms with van der Waals surface area (Å²) in [5.74, 6) is 0. The molecule has 0 fully saturated rings. The van der Waals surface area contributed by atoms with Crippen molar-refractivity contribution in [3.05, 3.63) is 58.6 Å². The summed E-state index contributed by atoms with van der Waals surface area (Å²) in [5, 5.41) is 1.63. The van der Waals surface area contributed by atoms with Crippen molar-refractivity contribution in [2.45, 2.75) is 0 Å². The van der Waals surface area contributed by atoms with Crippen LogP contribution in [0.3, 0.4) is 0 Å². The summed E-state index contributed by atoms with van der Waals surface area (Å²) in [7, 11) is 0. The van der Waals surface area contributed by atoms with Gasteiger partial charge in [0.05, 0.1) is 0 Å². The van der Waals surface area contributed by atoms with Crippen LogP contribution in [0.4, 0.5) is 0 Å². The molecule has 2 aromatic rings. The van der Waals surface area contributed by atoms with Crippen LogP contribution in [-0.2, 0) is 0 Å². The van der Waals surface area contributed by atoms with Crippen molar-refractivity contribution < 1.29 is 0 Å². The van der Waals surface area contributed by atoms with Crippen LogP contribution in [0.5, 0.6) is 0 Å². The van der Waals surface area contributed by atoms with E-state index in [0.717, 1.165) is 10.0 Å². The molecule has 0 aromatic heterocycles. The molecule has 0 heterocycles. The van der Waals surface area contributed by atoms with Crippen molar-refractivity contribution in [1.29, 1.82) is 0 Å². The molecule has 76 valence electrons. The molecule has 0 atom stereocenters. The van der Waals surface area contributed by atoms with Gasteiger partial charge in [-0.1, -0.05) is 0 Å². The molecule has 0 unspecified atom stereocenters. The first-order valence-corrected chi connectivity index (χ1v) is 6.91. The number of halogens is 2. The molecular weight excluding hydrogens is 294 g/mol. The van der Waals surface area contributed by atoms with Gasteiger partial charge in [-0.2, -0.15) is 0 Å². The zero-order valence-corrected chi connectivity index (χ0v) is 11.0. The number of benzene rings is 2. The van der Waals surface area contributed by atoms with Gasteiger partial charge in [-0.05, 0) is 0 Å². The van der Waals surface area contributed by atoms with Crippen molar-refractivity contribution in [3.8, 4) is 0 Å². The van der Waals surface area contributed by atoms with E-state index < -0.39 is 0 Å². The van der Waals surface area contributed by atoms with E-state index in [9.17, 15) is 0 Å². The van der Waals surface area contributed by atoms with E-state index in [4.69, 9.17) is 23.2 Å². The molecule has 0 N–H and O–H groups in total. The van der Waals surface area contributed by atoms with Crippen LogP contribution in [0.15, 0.2) is 48.5 Å². The number of hydrogen-bond acceptors (Lipinski definition) is 0. The Labute approximate surface area is 105 Å². The molecule has 0 amide bonds. The average molecular weight is 302 g/mol. The fraction of sp³-hybridized carbons (Fsp3) is 0. The van der Waals surface area contributed by atoms with E-state index in [1.807, 2.05) is 48.5 Å². The second kappa shape index (κ2) is 5.05. The Morgan fingerprint density at radius 2 is 1.07 bits per heavy atom. The maximum atomic E-state index is 6.10. The predicted molar refractivity (Wildman–Crippen MR) is 67.9 cm³/mol. The van der Waals surface area contributed by atoms with Gasteiger partial charge < -0.3 is 0 Å². The van der Waals surface area contributed by atoms with Gasteiger partial charge in [-0.3, -0.25) is 0 Å². The topological polar surface area (TPSA) is 0 Å². The summed E-state index contributed by atoms with van der Waals surface area (Å²) >= 11 is 12.4. The molecular formula is C12H8Cl2Se. The third kappa shape index (κ3) is 2.76. The molecule has 0 nitrogen and oxygen atoms in total. The Kier molecular flexibility index (Phi) is 3.71. The molecule has 15 heavy (non-hydrogen) atoms. The third-order valence-corrected chi connectivity index (χ3v) is 5.48. The molecule has 2 rings (SSSR count). The first-order chi connectivity index (χ1) is 7.27. The molecule has 2 aromatic carbocycles. The molecule has 0 radical (unpaired) electrons. The second-order valence-corrected chi connectivity index (χ2v) is 6.05. The van der Waals surface area contributed by atoms with Gasteiger partial charge in [-0.15, -0.1) is 0 Å². The molecule has 0 saturated carbocycles. The molecule has 0 aliphatic carbocycles. The van der Waals surface area contributed by atoms with Gasteiger partial charge in [-0.25, -0.2) is 0 Å². The van der Waals surface area contributed by atoms with Crippen molar-refractivity contribution in [2.24, 2.45) is 0 Å². The number of hydrogen-bond donors (Lipinski definition) is 0. The SMILES string of the molecule is Clc1ccccc1[Se]c1ccccc1Cl. The summed E-state index contributed by atoms with van der Waals surface area (Å²) in [5.41, 5.74) is 0. The van der Waals surface area contributed by atoms with Gasteiger partial charge in [0.2, 0.25) is 0 Å². The fourth-order valence-corrected chi connectivity index (χ4v) is 3.65. The standard InChI is InChI=1S/C12H8Cl2Se/c13-9-5-1-3-7-11(9)15-12-8-4-2-6-10(12)14/h1-8H. The zero-order valence-electron chi connectivity index (χ0n) is 7.78. The summed E-state index contributed by atoms with van der Waals surface area (Å²) in [6.07, 6.45) is 0. The Hall–Kier alpha value is -0.461. The minimum atomic E-state index is 0.177. The quantitative estimate of drug-likeness (QED) is 0.748. The van der Waals surface area contributed by atoms with Crippen LogP contribution < -0.4 is 8.92 Å². The summed E-state index contributed by atoms with van der Waals surface area (Å²) in [6.45, 7) is 0. The monoisotopic (exact) mass is 302 g/mol. The van der Waals surface area contributed by atoms with Gasteiger partial charge >= 0.3 is 106 Å². The molecule has 0 aliphatic heterocycles. The van der Waals surface area contributed by atoms with Crippen LogP contribution in [0.2, 0.25) is 10.0 Å². The fourth-order valence-electron chi connectivity index (χ4n) is 1.17. The zero-order chi connectivity index (χ0) is 10.7. The van der Waals surface area contributed by atoms with Gasteiger partial charge in [0.15, 0.2) is 0 Å². The molecule has 0 saturated heterocycles. The average Bonchev–Trinajstić information content (AvgIpc) is 2.24. The van der Waals surface area contributed by atoms with E-state index in [1.165, 1.54) is 8.92 Å². The molecule has 3 heteroatoms. The second-order valence-electron chi connectivity index (χ2n) is 2.96. The first kappa shape index (κ1) is 11.0. The molecule has 0 spiro atoms. The predicted octanol–water partition coefficient (Wildman–Crippen LogP) is 2.65. The number of rotatable bonds is 2. The Morgan fingerprint density at radius 1 is 0.667 bits per heavy atom. The van der Waals surface area contributed by atoms with Crippen molar-refractivity contribution in [1.82, 2.24) is 0 Å². The summed E-state index contributed by atoms with van der Waals surface area (Å²) < 4.78 is 2.33. The van der Waals surface area contributed by atoms with E-state index >= 15 is 0 Å². The van der Waals surface area contributed by atoms with Crippen LogP contribution in [0.25, 0.3) is 0 Å². The maximum absolute atomic E-state index is 6.10. The van der Waals surface area contributed by atoms with E-state index in [2.05, 4.69) is 0 Å². The van der Waals surface area contributed by atoms with Crippen molar-refractivity contribution in [2.75, 3.05) is 0 Å². The van der Waals surface area contributed by atoms with Crippen LogP contribution in [0.1, 0.15) is 0 Å². The van der Waals surface area contributed by atoms with Gasteiger partial charge in [0.1, 0.15) is 0 Å². The summed E-state index contributed by atoms with van der Waals surface area (Å²) in [4.78, 5) is 0. The normalized spacial score (nSPS) is 10.3. The third-order valence-electron chi connectivity index (χ3n) is 1.89. The molecule has 0 aliphatic rings. The van der Waals surface area contributed by atoms with E-state index in [0.29, 0.717) is 0 Å². The van der Waals surface area contributed by atoms with Crippen LogP contribution in [0, 0.1) is 0 Å². The van der Waals surface area contributed by atoms with Crippen molar-refractivity contribution in [3.63, 3.8) is 0 Å². The summed E-state index contributed by atoms with van der Waals surface area (Å²) in [6, 6.07) is 15.8. The van der Waals surface area contributed by atoms with E-state index in [-0.39, 0.29) is 15.0 Å². The molecule has 0 bridgehead atoms. The first-order valence-electron chi connectivity index (χ1n) is 4.44. The van der Waals surface area contributed by atoms with E-state index in [1.54, 1.807) is 0 Å². The van der Waals surface area contributed by atoms with Gasteiger partial charge in [0, 0.05) is 0 Å². The Morgan fingerprint density at radius 3 is 1.47 bits per heavy atom.